The van der Waals surface area contributed by atoms with Crippen LogP contribution in [0.4, 0.5) is 5.82 Å². The fraction of sp³-hybridized carbons (Fsp3) is 0.417. The van der Waals surface area contributed by atoms with Gasteiger partial charge in [-0.1, -0.05) is 13.0 Å². The number of aryl methyl sites for hydroxylation is 1. The molecule has 0 radical (unpaired) electrons. The van der Waals surface area contributed by atoms with Gasteiger partial charge in [0.25, 0.3) is 0 Å². The van der Waals surface area contributed by atoms with Gasteiger partial charge >= 0.3 is 0 Å². The molecule has 0 spiro atoms. The lowest BCUT2D eigenvalue weighted by atomic mass is 9.98. The van der Waals surface area contributed by atoms with Crippen LogP contribution in [-0.4, -0.2) is 12.0 Å². The zero-order valence-electron chi connectivity index (χ0n) is 9.17. The van der Waals surface area contributed by atoms with Crippen molar-refractivity contribution in [3.8, 4) is 0 Å². The maximum absolute atomic E-state index is 4.30. The van der Waals surface area contributed by atoms with Crippen LogP contribution in [0.1, 0.15) is 18.1 Å². The predicted molar refractivity (Wildman–Crippen MR) is 61.6 cm³/mol. The van der Waals surface area contributed by atoms with Gasteiger partial charge in [0.2, 0.25) is 0 Å². The normalized spacial score (nSPS) is 12.2. The van der Waals surface area contributed by atoms with Crippen LogP contribution >= 0.6 is 0 Å². The van der Waals surface area contributed by atoms with E-state index >= 15 is 0 Å². The van der Waals surface area contributed by atoms with Gasteiger partial charge in [-0.2, -0.15) is 0 Å². The molecule has 0 bridgehead atoms. The number of hydrogen-bond donors (Lipinski definition) is 1. The van der Waals surface area contributed by atoms with E-state index in [0.29, 0.717) is 5.92 Å². The van der Waals surface area contributed by atoms with Crippen LogP contribution in [-0.2, 0) is 6.42 Å². The summed E-state index contributed by atoms with van der Waals surface area (Å²) in [6, 6.07) is 2.05. The summed E-state index contributed by atoms with van der Waals surface area (Å²) in [5, 5.41) is 3.12. The SMILES string of the molecule is C=CC(C)Cc1c(C)ccnc1NC. The zero-order chi connectivity index (χ0) is 10.6. The van der Waals surface area contributed by atoms with Crippen molar-refractivity contribution >= 4 is 5.82 Å². The molecular formula is C12H18N2. The molecule has 0 aromatic carbocycles. The molecule has 0 saturated carbocycles. The Bertz CT molecular complexity index is 318. The summed E-state index contributed by atoms with van der Waals surface area (Å²) < 4.78 is 0. The van der Waals surface area contributed by atoms with E-state index in [2.05, 4.69) is 30.7 Å². The summed E-state index contributed by atoms with van der Waals surface area (Å²) in [5.74, 6) is 1.48. The third-order valence-corrected chi connectivity index (χ3v) is 2.46. The lowest BCUT2D eigenvalue weighted by molar-refractivity contribution is 0.721. The number of hydrogen-bond acceptors (Lipinski definition) is 2. The number of allylic oxidation sites excluding steroid dienone is 1. The van der Waals surface area contributed by atoms with E-state index in [1.54, 1.807) is 0 Å². The molecule has 1 heterocycles. The maximum Gasteiger partial charge on any atom is 0.129 e. The van der Waals surface area contributed by atoms with Crippen LogP contribution in [0.15, 0.2) is 24.9 Å². The molecule has 1 aromatic rings. The van der Waals surface area contributed by atoms with Crippen molar-refractivity contribution in [2.75, 3.05) is 12.4 Å². The summed E-state index contributed by atoms with van der Waals surface area (Å²) in [4.78, 5) is 4.30. The van der Waals surface area contributed by atoms with E-state index in [0.717, 1.165) is 12.2 Å². The number of nitrogens with zero attached hydrogens (tertiary/aromatic N) is 1. The Kier molecular flexibility index (Phi) is 3.69. The van der Waals surface area contributed by atoms with Crippen molar-refractivity contribution < 1.29 is 0 Å². The van der Waals surface area contributed by atoms with Crippen LogP contribution in [0.2, 0.25) is 0 Å². The minimum absolute atomic E-state index is 0.491. The lowest BCUT2D eigenvalue weighted by Crippen LogP contribution is -2.04. The number of anilines is 1. The first-order valence-electron chi connectivity index (χ1n) is 4.93. The predicted octanol–water partition coefficient (Wildman–Crippen LogP) is 2.80. The molecule has 2 nitrogen and oxygen atoms in total. The van der Waals surface area contributed by atoms with Crippen LogP contribution < -0.4 is 5.32 Å². The molecule has 2 heteroatoms. The van der Waals surface area contributed by atoms with Crippen LogP contribution in [0, 0.1) is 12.8 Å². The van der Waals surface area contributed by atoms with Gasteiger partial charge in [-0.25, -0.2) is 4.98 Å². The van der Waals surface area contributed by atoms with Gasteiger partial charge in [0, 0.05) is 13.2 Å². The number of nitrogens with one attached hydrogen (secondary N) is 1. The van der Waals surface area contributed by atoms with Crippen molar-refractivity contribution in [1.82, 2.24) is 4.98 Å². The van der Waals surface area contributed by atoms with Crippen LogP contribution in [0.25, 0.3) is 0 Å². The monoisotopic (exact) mass is 190 g/mol. The molecule has 76 valence electrons. The van der Waals surface area contributed by atoms with E-state index in [-0.39, 0.29) is 0 Å². The van der Waals surface area contributed by atoms with Crippen molar-refractivity contribution in [3.05, 3.63) is 36.0 Å². The molecule has 0 saturated heterocycles. The minimum Gasteiger partial charge on any atom is -0.373 e. The molecule has 0 aliphatic carbocycles. The largest absolute Gasteiger partial charge is 0.373 e. The Morgan fingerprint density at radius 3 is 2.93 bits per heavy atom. The summed E-state index contributed by atoms with van der Waals surface area (Å²) in [6.45, 7) is 8.09. The van der Waals surface area contributed by atoms with Crippen molar-refractivity contribution in [1.29, 1.82) is 0 Å². The Morgan fingerprint density at radius 2 is 2.36 bits per heavy atom. The van der Waals surface area contributed by atoms with Gasteiger partial charge in [-0.15, -0.1) is 6.58 Å². The Hall–Kier alpha value is -1.31. The lowest BCUT2D eigenvalue weighted by Gasteiger charge is -2.13. The Morgan fingerprint density at radius 1 is 1.64 bits per heavy atom. The molecule has 1 unspecified atom stereocenters. The quantitative estimate of drug-likeness (QED) is 0.738. The second-order valence-corrected chi connectivity index (χ2v) is 3.62. The molecule has 0 amide bonds. The fourth-order valence-corrected chi connectivity index (χ4v) is 1.47. The van der Waals surface area contributed by atoms with Crippen molar-refractivity contribution in [3.63, 3.8) is 0 Å². The van der Waals surface area contributed by atoms with E-state index in [1.807, 2.05) is 25.4 Å². The Labute approximate surface area is 86.1 Å². The van der Waals surface area contributed by atoms with Crippen molar-refractivity contribution in [2.24, 2.45) is 5.92 Å². The second-order valence-electron chi connectivity index (χ2n) is 3.62. The highest BCUT2D eigenvalue weighted by Crippen LogP contribution is 2.20. The minimum atomic E-state index is 0.491. The third-order valence-electron chi connectivity index (χ3n) is 2.46. The average Bonchev–Trinajstić information content (AvgIpc) is 2.20. The fourth-order valence-electron chi connectivity index (χ4n) is 1.47. The average molecular weight is 190 g/mol. The molecule has 1 rings (SSSR count). The van der Waals surface area contributed by atoms with E-state index < -0.39 is 0 Å². The third kappa shape index (κ3) is 2.34. The Balaban J connectivity index is 2.98. The highest BCUT2D eigenvalue weighted by molar-refractivity contribution is 5.47. The second kappa shape index (κ2) is 4.80. The molecule has 0 aliphatic heterocycles. The molecular weight excluding hydrogens is 172 g/mol. The van der Waals surface area contributed by atoms with Gasteiger partial charge in [-0.05, 0) is 36.5 Å². The topological polar surface area (TPSA) is 24.9 Å². The molecule has 1 atom stereocenters. The van der Waals surface area contributed by atoms with E-state index in [4.69, 9.17) is 0 Å². The van der Waals surface area contributed by atoms with E-state index in [1.165, 1.54) is 11.1 Å². The highest BCUT2D eigenvalue weighted by Gasteiger charge is 2.07. The summed E-state index contributed by atoms with van der Waals surface area (Å²) in [6.07, 6.45) is 4.81. The highest BCUT2D eigenvalue weighted by atomic mass is 15.0. The molecule has 14 heavy (non-hydrogen) atoms. The van der Waals surface area contributed by atoms with Gasteiger partial charge in [0.15, 0.2) is 0 Å². The van der Waals surface area contributed by atoms with Gasteiger partial charge in [-0.3, -0.25) is 0 Å². The van der Waals surface area contributed by atoms with Crippen LogP contribution in [0.3, 0.4) is 0 Å². The number of pyridine rings is 1. The molecule has 0 aliphatic rings. The smallest absolute Gasteiger partial charge is 0.129 e. The maximum atomic E-state index is 4.30. The first-order valence-corrected chi connectivity index (χ1v) is 4.93. The van der Waals surface area contributed by atoms with Crippen LogP contribution in [0.5, 0.6) is 0 Å². The summed E-state index contributed by atoms with van der Waals surface area (Å²) in [7, 11) is 1.91. The first-order chi connectivity index (χ1) is 6.69. The number of rotatable bonds is 4. The summed E-state index contributed by atoms with van der Waals surface area (Å²) in [5.41, 5.74) is 2.58. The molecule has 0 fully saturated rings. The standard InChI is InChI=1S/C12H18N2/c1-5-9(2)8-11-10(3)6-7-14-12(11)13-4/h5-7,9H,1,8H2,2-4H3,(H,13,14). The van der Waals surface area contributed by atoms with Gasteiger partial charge in [0.1, 0.15) is 5.82 Å². The summed E-state index contributed by atoms with van der Waals surface area (Å²) >= 11 is 0. The first kappa shape index (κ1) is 10.8. The van der Waals surface area contributed by atoms with Crippen molar-refractivity contribution in [2.45, 2.75) is 20.3 Å². The number of aromatic nitrogens is 1. The van der Waals surface area contributed by atoms with Gasteiger partial charge < -0.3 is 5.32 Å². The van der Waals surface area contributed by atoms with Gasteiger partial charge in [0.05, 0.1) is 0 Å². The van der Waals surface area contributed by atoms with E-state index in [9.17, 15) is 0 Å². The zero-order valence-corrected chi connectivity index (χ0v) is 9.17. The molecule has 1 N–H and O–H groups in total. The molecule has 1 aromatic heterocycles.